The Morgan fingerprint density at radius 3 is 2.54 bits per heavy atom. The topological polar surface area (TPSA) is 58.4 Å². The molecule has 0 aliphatic carbocycles. The second-order valence-corrected chi connectivity index (χ2v) is 6.37. The monoisotopic (exact) mass is 349 g/mol. The largest absolute Gasteiger partial charge is 0.467 e. The Labute approximate surface area is 153 Å². The van der Waals surface area contributed by atoms with Crippen LogP contribution in [0, 0.1) is 0 Å². The molecule has 1 aromatic carbocycles. The van der Waals surface area contributed by atoms with Gasteiger partial charge in [-0.3, -0.25) is 4.79 Å². The highest BCUT2D eigenvalue weighted by Crippen LogP contribution is 2.19. The van der Waals surface area contributed by atoms with Gasteiger partial charge in [0.05, 0.1) is 24.7 Å². The van der Waals surface area contributed by atoms with Crippen molar-refractivity contribution in [1.29, 1.82) is 0 Å². The minimum absolute atomic E-state index is 0.216. The maximum Gasteiger partial charge on any atom is 0.270 e. The maximum absolute atomic E-state index is 12.2. The number of benzene rings is 1. The molecule has 0 fully saturated rings. The second kappa shape index (κ2) is 8.34. The Bertz CT molecular complexity index is 812. The molecule has 0 bridgehead atoms. The number of pyridine rings is 1. The summed E-state index contributed by atoms with van der Waals surface area (Å²) in [5, 5.41) is 2.80. The summed E-state index contributed by atoms with van der Waals surface area (Å²) < 4.78 is 5.21. The zero-order chi connectivity index (χ0) is 18.4. The summed E-state index contributed by atoms with van der Waals surface area (Å²) in [5.41, 5.74) is 2.62. The zero-order valence-corrected chi connectivity index (χ0v) is 15.1. The predicted molar refractivity (Wildman–Crippen MR) is 102 cm³/mol. The first-order valence-corrected chi connectivity index (χ1v) is 8.70. The fourth-order valence-corrected chi connectivity index (χ4v) is 2.71. The number of hydrogen-bond acceptors (Lipinski definition) is 4. The van der Waals surface area contributed by atoms with E-state index in [1.165, 1.54) is 5.56 Å². The normalized spacial score (nSPS) is 10.7. The first kappa shape index (κ1) is 17.7. The molecule has 1 amide bonds. The van der Waals surface area contributed by atoms with E-state index in [4.69, 9.17) is 4.42 Å². The maximum atomic E-state index is 12.2. The van der Waals surface area contributed by atoms with E-state index in [1.807, 2.05) is 30.3 Å². The van der Waals surface area contributed by atoms with Gasteiger partial charge in [-0.1, -0.05) is 30.3 Å². The lowest BCUT2D eigenvalue weighted by Gasteiger charge is -2.29. The number of amides is 1. The predicted octanol–water partition coefficient (Wildman–Crippen LogP) is 4.02. The Morgan fingerprint density at radius 1 is 1.12 bits per heavy atom. The van der Waals surface area contributed by atoms with Crippen LogP contribution in [0.2, 0.25) is 0 Å². The van der Waals surface area contributed by atoms with Crippen LogP contribution in [0.3, 0.4) is 0 Å². The molecular weight excluding hydrogens is 326 g/mol. The van der Waals surface area contributed by atoms with Crippen LogP contribution in [0.25, 0.3) is 0 Å². The molecule has 0 saturated heterocycles. The van der Waals surface area contributed by atoms with Gasteiger partial charge in [0.25, 0.3) is 5.91 Å². The van der Waals surface area contributed by atoms with Crippen molar-refractivity contribution in [1.82, 2.24) is 10.3 Å². The lowest BCUT2D eigenvalue weighted by molar-refractivity contribution is 0.0943. The van der Waals surface area contributed by atoms with E-state index in [0.717, 1.165) is 12.2 Å². The lowest BCUT2D eigenvalue weighted by Crippen LogP contribution is -2.30. The molecule has 0 atom stereocenters. The van der Waals surface area contributed by atoms with Crippen molar-refractivity contribution in [2.45, 2.75) is 33.0 Å². The van der Waals surface area contributed by atoms with Crippen LogP contribution in [0.1, 0.15) is 35.7 Å². The minimum Gasteiger partial charge on any atom is -0.467 e. The summed E-state index contributed by atoms with van der Waals surface area (Å²) in [6, 6.07) is 17.9. The Hall–Kier alpha value is -3.08. The van der Waals surface area contributed by atoms with E-state index in [2.05, 4.69) is 41.2 Å². The van der Waals surface area contributed by atoms with E-state index >= 15 is 0 Å². The van der Waals surface area contributed by atoms with Gasteiger partial charge >= 0.3 is 0 Å². The van der Waals surface area contributed by atoms with Crippen molar-refractivity contribution in [2.75, 3.05) is 4.90 Å². The van der Waals surface area contributed by atoms with Gasteiger partial charge < -0.3 is 14.6 Å². The molecule has 0 aliphatic heterocycles. The van der Waals surface area contributed by atoms with Crippen molar-refractivity contribution in [3.63, 3.8) is 0 Å². The van der Waals surface area contributed by atoms with Crippen molar-refractivity contribution in [2.24, 2.45) is 0 Å². The molecule has 2 heterocycles. The molecule has 0 spiro atoms. The minimum atomic E-state index is -0.216. The molecule has 5 nitrogen and oxygen atoms in total. The molecule has 3 rings (SSSR count). The van der Waals surface area contributed by atoms with Crippen LogP contribution < -0.4 is 10.2 Å². The molecule has 0 aliphatic rings. The van der Waals surface area contributed by atoms with Gasteiger partial charge in [-0.25, -0.2) is 4.98 Å². The van der Waals surface area contributed by atoms with Gasteiger partial charge in [0.15, 0.2) is 0 Å². The lowest BCUT2D eigenvalue weighted by atomic mass is 10.1. The summed E-state index contributed by atoms with van der Waals surface area (Å²) in [5.74, 6) is 0.496. The fourth-order valence-electron chi connectivity index (χ4n) is 2.71. The van der Waals surface area contributed by atoms with Crippen LogP contribution >= 0.6 is 0 Å². The van der Waals surface area contributed by atoms with Crippen LogP contribution in [0.4, 0.5) is 5.69 Å². The number of anilines is 1. The highest BCUT2D eigenvalue weighted by Gasteiger charge is 2.13. The van der Waals surface area contributed by atoms with Crippen molar-refractivity contribution in [3.8, 4) is 0 Å². The van der Waals surface area contributed by atoms with Gasteiger partial charge in [0.2, 0.25) is 0 Å². The van der Waals surface area contributed by atoms with Crippen LogP contribution in [-0.2, 0) is 13.1 Å². The van der Waals surface area contributed by atoms with Crippen LogP contribution in [0.5, 0.6) is 0 Å². The number of nitrogens with one attached hydrogen (secondary N) is 1. The molecule has 26 heavy (non-hydrogen) atoms. The molecule has 5 heteroatoms. The van der Waals surface area contributed by atoms with Crippen molar-refractivity contribution < 1.29 is 9.21 Å². The number of hydrogen-bond donors (Lipinski definition) is 1. The van der Waals surface area contributed by atoms with Crippen molar-refractivity contribution in [3.05, 3.63) is 84.1 Å². The van der Waals surface area contributed by atoms with Crippen molar-refractivity contribution >= 4 is 11.6 Å². The first-order chi connectivity index (χ1) is 12.6. The molecule has 1 N–H and O–H groups in total. The van der Waals surface area contributed by atoms with E-state index < -0.39 is 0 Å². The molecular formula is C21H23N3O2. The summed E-state index contributed by atoms with van der Waals surface area (Å²) in [4.78, 5) is 18.8. The number of rotatable bonds is 7. The number of furan rings is 1. The third-order valence-electron chi connectivity index (χ3n) is 4.13. The second-order valence-electron chi connectivity index (χ2n) is 6.37. The highest BCUT2D eigenvalue weighted by atomic mass is 16.3. The van der Waals surface area contributed by atoms with Gasteiger partial charge in [-0.2, -0.15) is 0 Å². The summed E-state index contributed by atoms with van der Waals surface area (Å²) in [6.07, 6.45) is 3.34. The molecule has 0 saturated carbocycles. The first-order valence-electron chi connectivity index (χ1n) is 8.70. The SMILES string of the molecule is CC(C)N(Cc1ccccc1)c1ccc(C(=O)NCc2ccco2)nc1. The van der Waals surface area contributed by atoms with E-state index in [0.29, 0.717) is 24.0 Å². The number of aromatic nitrogens is 1. The highest BCUT2D eigenvalue weighted by molar-refractivity contribution is 5.92. The summed E-state index contributed by atoms with van der Waals surface area (Å²) in [6.45, 7) is 5.44. The van der Waals surface area contributed by atoms with Gasteiger partial charge in [0, 0.05) is 12.6 Å². The van der Waals surface area contributed by atoms with E-state index in [1.54, 1.807) is 24.6 Å². The zero-order valence-electron chi connectivity index (χ0n) is 15.1. The van der Waals surface area contributed by atoms with Gasteiger partial charge in [-0.05, 0) is 43.7 Å². The Morgan fingerprint density at radius 2 is 1.92 bits per heavy atom. The number of carbonyl (C=O) groups is 1. The summed E-state index contributed by atoms with van der Waals surface area (Å²) in [7, 11) is 0. The molecule has 2 aromatic heterocycles. The fraction of sp³-hybridized carbons (Fsp3) is 0.238. The van der Waals surface area contributed by atoms with Crippen LogP contribution in [-0.4, -0.2) is 16.9 Å². The smallest absolute Gasteiger partial charge is 0.270 e. The quantitative estimate of drug-likeness (QED) is 0.700. The molecule has 3 aromatic rings. The van der Waals surface area contributed by atoms with E-state index in [9.17, 15) is 4.79 Å². The number of carbonyl (C=O) groups excluding carboxylic acids is 1. The third kappa shape index (κ3) is 4.51. The summed E-state index contributed by atoms with van der Waals surface area (Å²) >= 11 is 0. The molecule has 0 unspecified atom stereocenters. The van der Waals surface area contributed by atoms with Gasteiger partial charge in [-0.15, -0.1) is 0 Å². The average Bonchev–Trinajstić information content (AvgIpc) is 3.18. The Balaban J connectivity index is 1.67. The van der Waals surface area contributed by atoms with Crippen LogP contribution in [0.15, 0.2) is 71.5 Å². The van der Waals surface area contributed by atoms with Gasteiger partial charge in [0.1, 0.15) is 11.5 Å². The third-order valence-corrected chi connectivity index (χ3v) is 4.13. The number of nitrogens with zero attached hydrogens (tertiary/aromatic N) is 2. The average molecular weight is 349 g/mol. The standard InChI is InChI=1S/C21H23N3O2/c1-16(2)24(15-17-7-4-3-5-8-17)18-10-11-20(22-13-18)21(25)23-14-19-9-6-12-26-19/h3-13,16H,14-15H2,1-2H3,(H,23,25). The van der Waals surface area contributed by atoms with E-state index in [-0.39, 0.29) is 5.91 Å². The molecule has 134 valence electrons. The Kier molecular flexibility index (Phi) is 5.69. The molecule has 0 radical (unpaired) electrons.